The summed E-state index contributed by atoms with van der Waals surface area (Å²) in [5, 5.41) is 9.64. The third-order valence-electron chi connectivity index (χ3n) is 1.64. The van der Waals surface area contributed by atoms with Crippen molar-refractivity contribution < 1.29 is 0 Å². The Morgan fingerprint density at radius 3 is 2.69 bits per heavy atom. The summed E-state index contributed by atoms with van der Waals surface area (Å²) in [5.74, 6) is 0. The van der Waals surface area contributed by atoms with Crippen molar-refractivity contribution in [2.75, 3.05) is 0 Å². The first-order valence-electron chi connectivity index (χ1n) is 3.46. The molecule has 0 atom stereocenters. The first-order valence-corrected chi connectivity index (χ1v) is 5.01. The van der Waals surface area contributed by atoms with Crippen molar-refractivity contribution in [2.24, 2.45) is 0 Å². The maximum Gasteiger partial charge on any atom is 0.148 e. The van der Waals surface area contributed by atoms with E-state index in [1.54, 1.807) is 6.07 Å². The van der Waals surface area contributed by atoms with Gasteiger partial charge in [0.15, 0.2) is 0 Å². The minimum atomic E-state index is 0.531. The molecule has 0 amide bonds. The summed E-state index contributed by atoms with van der Waals surface area (Å²) in [4.78, 5) is 0. The van der Waals surface area contributed by atoms with Crippen LogP contribution >= 0.6 is 39.1 Å². The lowest BCUT2D eigenvalue weighted by Crippen LogP contribution is -1.87. The van der Waals surface area contributed by atoms with E-state index in [2.05, 4.69) is 26.1 Å². The summed E-state index contributed by atoms with van der Waals surface area (Å²) >= 11 is 15.1. The Hall–Kier alpha value is -0.380. The second-order valence-corrected chi connectivity index (χ2v) is 3.98. The van der Waals surface area contributed by atoms with Crippen LogP contribution in [0.15, 0.2) is 22.8 Å². The fraction of sp³-hybridized carbons (Fsp3) is 0. The molecular weight excluding hydrogens is 275 g/mol. The van der Waals surface area contributed by atoms with Gasteiger partial charge in [-0.15, -0.1) is 10.2 Å². The van der Waals surface area contributed by atoms with Gasteiger partial charge in [0.05, 0.1) is 10.0 Å². The molecule has 1 aromatic heterocycles. The number of hydrogen-bond acceptors (Lipinski definition) is 2. The molecule has 0 aliphatic heterocycles. The lowest BCUT2D eigenvalue weighted by molar-refractivity contribution is 1.05. The third-order valence-corrected chi connectivity index (χ3v) is 3.11. The normalized spacial score (nSPS) is 10.7. The molecule has 0 aliphatic carbocycles. The van der Waals surface area contributed by atoms with Gasteiger partial charge in [-0.1, -0.05) is 35.3 Å². The van der Waals surface area contributed by atoms with Crippen molar-refractivity contribution in [1.29, 1.82) is 0 Å². The Morgan fingerprint density at radius 1 is 1.15 bits per heavy atom. The van der Waals surface area contributed by atoms with Crippen LogP contribution in [-0.4, -0.2) is 10.2 Å². The molecule has 0 spiro atoms. The summed E-state index contributed by atoms with van der Waals surface area (Å²) in [5.41, 5.74) is 0.623. The van der Waals surface area contributed by atoms with E-state index in [1.165, 1.54) is 0 Å². The van der Waals surface area contributed by atoms with Crippen LogP contribution in [0.1, 0.15) is 0 Å². The highest BCUT2D eigenvalue weighted by atomic mass is 79.9. The van der Waals surface area contributed by atoms with Crippen molar-refractivity contribution in [3.8, 4) is 0 Å². The summed E-state index contributed by atoms with van der Waals surface area (Å²) in [7, 11) is 0. The van der Waals surface area contributed by atoms with E-state index in [4.69, 9.17) is 23.2 Å². The van der Waals surface area contributed by atoms with Crippen LogP contribution in [0.2, 0.25) is 10.0 Å². The third kappa shape index (κ3) is 1.52. The number of fused-ring (bicyclic) bond motifs is 1. The molecule has 2 aromatic rings. The number of aromatic nitrogens is 2. The average Bonchev–Trinajstić information content (AvgIpc) is 2.12. The Kier molecular flexibility index (Phi) is 2.41. The lowest BCUT2D eigenvalue weighted by atomic mass is 10.2. The Bertz CT molecular complexity index is 473. The molecule has 2 rings (SSSR count). The zero-order valence-electron chi connectivity index (χ0n) is 6.26. The molecule has 0 fully saturated rings. The molecule has 13 heavy (non-hydrogen) atoms. The minimum Gasteiger partial charge on any atom is -0.148 e. The smallest absolute Gasteiger partial charge is 0.148 e. The van der Waals surface area contributed by atoms with E-state index in [-0.39, 0.29) is 0 Å². The van der Waals surface area contributed by atoms with Gasteiger partial charge in [-0.2, -0.15) is 0 Å². The van der Waals surface area contributed by atoms with Gasteiger partial charge in [-0.3, -0.25) is 0 Å². The summed E-state index contributed by atoms with van der Waals surface area (Å²) in [6.07, 6.45) is 0. The molecule has 0 bridgehead atoms. The maximum absolute atomic E-state index is 5.99. The first kappa shape index (κ1) is 9.19. The van der Waals surface area contributed by atoms with E-state index in [0.717, 1.165) is 5.39 Å². The predicted octanol–water partition coefficient (Wildman–Crippen LogP) is 3.70. The SMILES string of the molecule is Clc1c(Br)nnc2c(Cl)cccc12. The van der Waals surface area contributed by atoms with Crippen LogP contribution in [0.5, 0.6) is 0 Å². The molecule has 5 heteroatoms. The molecule has 1 heterocycles. The van der Waals surface area contributed by atoms with Crippen LogP contribution in [0.25, 0.3) is 10.9 Å². The quantitative estimate of drug-likeness (QED) is 0.734. The van der Waals surface area contributed by atoms with Crippen LogP contribution in [0.3, 0.4) is 0 Å². The Morgan fingerprint density at radius 2 is 1.92 bits per heavy atom. The molecule has 0 saturated carbocycles. The fourth-order valence-electron chi connectivity index (χ4n) is 1.04. The van der Waals surface area contributed by atoms with Crippen molar-refractivity contribution >= 4 is 50.0 Å². The maximum atomic E-state index is 5.99. The van der Waals surface area contributed by atoms with Crippen LogP contribution < -0.4 is 0 Å². The second kappa shape index (κ2) is 3.40. The van der Waals surface area contributed by atoms with Gasteiger partial charge < -0.3 is 0 Å². The molecule has 0 unspecified atom stereocenters. The number of benzene rings is 1. The van der Waals surface area contributed by atoms with E-state index in [1.807, 2.05) is 12.1 Å². The number of halogens is 3. The Labute approximate surface area is 93.0 Å². The fourth-order valence-corrected chi connectivity index (χ4v) is 1.74. The van der Waals surface area contributed by atoms with Crippen LogP contribution in [-0.2, 0) is 0 Å². The summed E-state index contributed by atoms with van der Waals surface area (Å²) < 4.78 is 0.531. The van der Waals surface area contributed by atoms with Gasteiger partial charge in [-0.05, 0) is 22.0 Å². The Balaban J connectivity index is 2.94. The van der Waals surface area contributed by atoms with Gasteiger partial charge in [0.25, 0.3) is 0 Å². The molecule has 0 radical (unpaired) electrons. The molecule has 0 saturated heterocycles. The molecule has 0 aliphatic rings. The van der Waals surface area contributed by atoms with Gasteiger partial charge in [0.1, 0.15) is 10.1 Å². The van der Waals surface area contributed by atoms with Crippen molar-refractivity contribution in [2.45, 2.75) is 0 Å². The van der Waals surface area contributed by atoms with E-state index in [0.29, 0.717) is 20.2 Å². The minimum absolute atomic E-state index is 0.531. The zero-order chi connectivity index (χ0) is 9.42. The van der Waals surface area contributed by atoms with Crippen LogP contribution in [0, 0.1) is 0 Å². The van der Waals surface area contributed by atoms with E-state index >= 15 is 0 Å². The molecule has 66 valence electrons. The zero-order valence-corrected chi connectivity index (χ0v) is 9.36. The van der Waals surface area contributed by atoms with Gasteiger partial charge in [0.2, 0.25) is 0 Å². The summed E-state index contributed by atoms with van der Waals surface area (Å²) in [6.45, 7) is 0. The number of rotatable bonds is 0. The topological polar surface area (TPSA) is 25.8 Å². The first-order chi connectivity index (χ1) is 6.20. The van der Waals surface area contributed by atoms with Crippen LogP contribution in [0.4, 0.5) is 0 Å². The summed E-state index contributed by atoms with van der Waals surface area (Å²) in [6, 6.07) is 5.43. The van der Waals surface area contributed by atoms with E-state index < -0.39 is 0 Å². The molecule has 1 aromatic carbocycles. The predicted molar refractivity (Wildman–Crippen MR) is 57.3 cm³/mol. The molecule has 0 N–H and O–H groups in total. The molecule has 2 nitrogen and oxygen atoms in total. The molecular formula is C8H3BrCl2N2. The number of nitrogens with zero attached hydrogens (tertiary/aromatic N) is 2. The van der Waals surface area contributed by atoms with Crippen molar-refractivity contribution in [1.82, 2.24) is 10.2 Å². The monoisotopic (exact) mass is 276 g/mol. The van der Waals surface area contributed by atoms with E-state index in [9.17, 15) is 0 Å². The second-order valence-electron chi connectivity index (χ2n) is 2.44. The lowest BCUT2D eigenvalue weighted by Gasteiger charge is -2.01. The van der Waals surface area contributed by atoms with Crippen molar-refractivity contribution in [3.63, 3.8) is 0 Å². The highest BCUT2D eigenvalue weighted by Crippen LogP contribution is 2.30. The average molecular weight is 278 g/mol. The number of hydrogen-bond donors (Lipinski definition) is 0. The van der Waals surface area contributed by atoms with Gasteiger partial charge in [-0.25, -0.2) is 0 Å². The highest BCUT2D eigenvalue weighted by molar-refractivity contribution is 9.10. The largest absolute Gasteiger partial charge is 0.148 e. The van der Waals surface area contributed by atoms with Gasteiger partial charge in [0, 0.05) is 5.39 Å². The van der Waals surface area contributed by atoms with Gasteiger partial charge >= 0.3 is 0 Å². The van der Waals surface area contributed by atoms with Crippen molar-refractivity contribution in [3.05, 3.63) is 32.8 Å². The standard InChI is InChI=1S/C8H3BrCl2N2/c9-8-6(11)4-2-1-3-5(10)7(4)12-13-8/h1-3H. The highest BCUT2D eigenvalue weighted by Gasteiger charge is 2.07.